The number of amides is 1. The van der Waals surface area contributed by atoms with E-state index in [2.05, 4.69) is 52.3 Å². The minimum absolute atomic E-state index is 0.209. The molecule has 1 aliphatic carbocycles. The van der Waals surface area contributed by atoms with Gasteiger partial charge in [0.1, 0.15) is 0 Å². The van der Waals surface area contributed by atoms with Crippen LogP contribution in [0.4, 0.5) is 0 Å². The molecule has 0 bridgehead atoms. The molecule has 1 saturated carbocycles. The van der Waals surface area contributed by atoms with E-state index in [4.69, 9.17) is 9.47 Å². The third-order valence-electron chi connectivity index (χ3n) is 7.71. The standard InChI is InChI=1S/C26H30N2O3/c29-26(20-8-4-5-9-20)28-15-21-14-27(13-18-10-11-23-24(12-18)31-17-30-23)16-22(21)25(28)19-6-2-1-3-7-19/h1-3,6-7,10-12,20-22,25H,4-5,8-9,13-17H2/t21-,22-,25+/m0/s1. The molecule has 4 aliphatic rings. The van der Waals surface area contributed by atoms with Gasteiger partial charge < -0.3 is 14.4 Å². The summed E-state index contributed by atoms with van der Waals surface area (Å²) in [6.07, 6.45) is 4.55. The van der Waals surface area contributed by atoms with Crippen molar-refractivity contribution in [1.82, 2.24) is 9.80 Å². The highest BCUT2D eigenvalue weighted by molar-refractivity contribution is 5.80. The molecule has 1 amide bonds. The van der Waals surface area contributed by atoms with Crippen molar-refractivity contribution in [1.29, 1.82) is 0 Å². The Morgan fingerprint density at radius 2 is 1.74 bits per heavy atom. The largest absolute Gasteiger partial charge is 0.454 e. The molecule has 0 radical (unpaired) electrons. The van der Waals surface area contributed by atoms with Gasteiger partial charge in [-0.15, -0.1) is 0 Å². The Morgan fingerprint density at radius 1 is 0.935 bits per heavy atom. The number of carbonyl (C=O) groups is 1. The predicted molar refractivity (Wildman–Crippen MR) is 118 cm³/mol. The summed E-state index contributed by atoms with van der Waals surface area (Å²) in [6.45, 7) is 4.22. The number of hydrogen-bond donors (Lipinski definition) is 0. The first-order valence-electron chi connectivity index (χ1n) is 11.7. The van der Waals surface area contributed by atoms with Crippen LogP contribution in [0, 0.1) is 17.8 Å². The van der Waals surface area contributed by atoms with Crippen molar-refractivity contribution >= 4 is 5.91 Å². The lowest BCUT2D eigenvalue weighted by Gasteiger charge is -2.32. The first-order valence-corrected chi connectivity index (χ1v) is 11.7. The summed E-state index contributed by atoms with van der Waals surface area (Å²) < 4.78 is 11.0. The number of likely N-dealkylation sites (tertiary alicyclic amines) is 2. The van der Waals surface area contributed by atoms with Crippen LogP contribution in [0.25, 0.3) is 0 Å². The SMILES string of the molecule is O=C(C1CCCC1)N1C[C@@H]2CN(Cc3ccc4c(c3)OCO4)C[C@@H]2[C@H]1c1ccccc1. The highest BCUT2D eigenvalue weighted by Crippen LogP contribution is 2.47. The summed E-state index contributed by atoms with van der Waals surface area (Å²) in [6, 6.07) is 17.2. The molecule has 0 spiro atoms. The van der Waals surface area contributed by atoms with Gasteiger partial charge in [0.05, 0.1) is 6.04 Å². The third-order valence-corrected chi connectivity index (χ3v) is 7.71. The molecule has 6 rings (SSSR count). The van der Waals surface area contributed by atoms with Gasteiger partial charge in [0.25, 0.3) is 0 Å². The van der Waals surface area contributed by atoms with Gasteiger partial charge in [-0.2, -0.15) is 0 Å². The highest BCUT2D eigenvalue weighted by atomic mass is 16.7. The van der Waals surface area contributed by atoms with Gasteiger partial charge in [0.2, 0.25) is 12.7 Å². The van der Waals surface area contributed by atoms with Gasteiger partial charge in [0, 0.05) is 38.0 Å². The van der Waals surface area contributed by atoms with E-state index >= 15 is 0 Å². The maximum absolute atomic E-state index is 13.4. The number of hydrogen-bond acceptors (Lipinski definition) is 4. The fourth-order valence-corrected chi connectivity index (χ4v) is 6.28. The summed E-state index contributed by atoms with van der Waals surface area (Å²) in [5.74, 6) is 3.39. The Kier molecular flexibility index (Phi) is 4.87. The lowest BCUT2D eigenvalue weighted by Crippen LogP contribution is -2.38. The molecule has 5 nitrogen and oxygen atoms in total. The van der Waals surface area contributed by atoms with Gasteiger partial charge in [-0.05, 0) is 42.0 Å². The predicted octanol–water partition coefficient (Wildman–Crippen LogP) is 4.24. The van der Waals surface area contributed by atoms with Crippen LogP contribution >= 0.6 is 0 Å². The Labute approximate surface area is 183 Å². The van der Waals surface area contributed by atoms with E-state index in [-0.39, 0.29) is 12.0 Å². The molecule has 3 atom stereocenters. The van der Waals surface area contributed by atoms with Crippen LogP contribution in [0.15, 0.2) is 48.5 Å². The topological polar surface area (TPSA) is 42.0 Å². The maximum Gasteiger partial charge on any atom is 0.231 e. The monoisotopic (exact) mass is 418 g/mol. The van der Waals surface area contributed by atoms with Gasteiger partial charge in [-0.1, -0.05) is 49.2 Å². The lowest BCUT2D eigenvalue weighted by atomic mass is 9.89. The number of carbonyl (C=O) groups excluding carboxylic acids is 1. The summed E-state index contributed by atoms with van der Waals surface area (Å²) in [5, 5.41) is 0. The average molecular weight is 419 g/mol. The Balaban J connectivity index is 1.21. The van der Waals surface area contributed by atoms with Crippen LogP contribution < -0.4 is 9.47 Å². The van der Waals surface area contributed by atoms with Crippen molar-refractivity contribution < 1.29 is 14.3 Å². The van der Waals surface area contributed by atoms with Crippen molar-refractivity contribution in [2.45, 2.75) is 38.3 Å². The Bertz CT molecular complexity index is 956. The normalized spacial score (nSPS) is 27.7. The second-order valence-corrected chi connectivity index (χ2v) is 9.63. The van der Waals surface area contributed by atoms with Crippen molar-refractivity contribution in [3.63, 3.8) is 0 Å². The Hall–Kier alpha value is -2.53. The fraction of sp³-hybridized carbons (Fsp3) is 0.500. The van der Waals surface area contributed by atoms with E-state index in [9.17, 15) is 4.79 Å². The van der Waals surface area contributed by atoms with E-state index in [1.807, 2.05) is 6.07 Å². The molecule has 0 aromatic heterocycles. The molecule has 0 unspecified atom stereocenters. The fourth-order valence-electron chi connectivity index (χ4n) is 6.28. The molecule has 3 aliphatic heterocycles. The van der Waals surface area contributed by atoms with E-state index in [1.165, 1.54) is 24.0 Å². The number of fused-ring (bicyclic) bond motifs is 2. The number of rotatable bonds is 4. The minimum atomic E-state index is 0.209. The molecular formula is C26H30N2O3. The van der Waals surface area contributed by atoms with E-state index in [0.29, 0.717) is 24.5 Å². The first kappa shape index (κ1) is 19.2. The van der Waals surface area contributed by atoms with Gasteiger partial charge in [0.15, 0.2) is 11.5 Å². The van der Waals surface area contributed by atoms with Crippen molar-refractivity contribution in [3.8, 4) is 11.5 Å². The van der Waals surface area contributed by atoms with Crippen molar-refractivity contribution in [2.75, 3.05) is 26.4 Å². The van der Waals surface area contributed by atoms with Gasteiger partial charge >= 0.3 is 0 Å². The number of nitrogens with zero attached hydrogens (tertiary/aromatic N) is 2. The molecule has 162 valence electrons. The zero-order chi connectivity index (χ0) is 20.8. The molecule has 2 saturated heterocycles. The molecule has 31 heavy (non-hydrogen) atoms. The van der Waals surface area contributed by atoms with Crippen LogP contribution in [0.2, 0.25) is 0 Å². The second-order valence-electron chi connectivity index (χ2n) is 9.63. The van der Waals surface area contributed by atoms with E-state index in [1.54, 1.807) is 0 Å². The lowest BCUT2D eigenvalue weighted by molar-refractivity contribution is -0.137. The minimum Gasteiger partial charge on any atom is -0.454 e. The zero-order valence-electron chi connectivity index (χ0n) is 17.9. The summed E-state index contributed by atoms with van der Waals surface area (Å²) in [5.41, 5.74) is 2.56. The molecule has 0 N–H and O–H groups in total. The second kappa shape index (κ2) is 7.86. The Morgan fingerprint density at radius 3 is 2.58 bits per heavy atom. The van der Waals surface area contributed by atoms with Crippen molar-refractivity contribution in [3.05, 3.63) is 59.7 Å². The molecular weight excluding hydrogens is 388 g/mol. The smallest absolute Gasteiger partial charge is 0.231 e. The summed E-state index contributed by atoms with van der Waals surface area (Å²) >= 11 is 0. The van der Waals surface area contributed by atoms with Gasteiger partial charge in [-0.25, -0.2) is 0 Å². The zero-order valence-corrected chi connectivity index (χ0v) is 17.9. The van der Waals surface area contributed by atoms with Crippen LogP contribution in [0.5, 0.6) is 11.5 Å². The van der Waals surface area contributed by atoms with Crippen LogP contribution in [0.3, 0.4) is 0 Å². The molecule has 5 heteroatoms. The molecule has 3 fully saturated rings. The molecule has 2 aromatic rings. The van der Waals surface area contributed by atoms with Gasteiger partial charge in [-0.3, -0.25) is 9.69 Å². The number of ether oxygens (including phenoxy) is 2. The summed E-state index contributed by atoms with van der Waals surface area (Å²) in [7, 11) is 0. The van der Waals surface area contributed by atoms with Crippen LogP contribution in [-0.4, -0.2) is 42.1 Å². The average Bonchev–Trinajstić information content (AvgIpc) is 3.57. The first-order chi connectivity index (χ1) is 15.3. The van der Waals surface area contributed by atoms with Crippen LogP contribution in [-0.2, 0) is 11.3 Å². The van der Waals surface area contributed by atoms with E-state index < -0.39 is 0 Å². The third kappa shape index (κ3) is 3.49. The van der Waals surface area contributed by atoms with E-state index in [0.717, 1.165) is 50.5 Å². The van der Waals surface area contributed by atoms with Crippen LogP contribution in [0.1, 0.15) is 42.9 Å². The van der Waals surface area contributed by atoms with Crippen molar-refractivity contribution in [2.24, 2.45) is 17.8 Å². The summed E-state index contributed by atoms with van der Waals surface area (Å²) in [4.78, 5) is 18.2. The highest BCUT2D eigenvalue weighted by Gasteiger charge is 2.49. The number of benzene rings is 2. The molecule has 3 heterocycles. The molecule has 2 aromatic carbocycles. The quantitative estimate of drug-likeness (QED) is 0.745. The maximum atomic E-state index is 13.4.